The molecule has 0 bridgehead atoms. The summed E-state index contributed by atoms with van der Waals surface area (Å²) in [6.07, 6.45) is 0.702. The lowest BCUT2D eigenvalue weighted by Crippen LogP contribution is -2.18. The van der Waals surface area contributed by atoms with Gasteiger partial charge >= 0.3 is 0 Å². The van der Waals surface area contributed by atoms with E-state index in [-0.39, 0.29) is 41.4 Å². The lowest BCUT2D eigenvalue weighted by atomic mass is 10.1. The first-order chi connectivity index (χ1) is 13.4. The molecule has 2 aromatic rings. The number of rotatable bonds is 6. The second-order valence-electron chi connectivity index (χ2n) is 6.48. The number of para-hydroxylation sites is 1. The van der Waals surface area contributed by atoms with Crippen molar-refractivity contribution in [1.29, 1.82) is 5.26 Å². The number of hydrogen-bond donors (Lipinski definition) is 1. The van der Waals surface area contributed by atoms with Crippen LogP contribution in [-0.2, 0) is 14.6 Å². The molecular formula is C20H22N2O5S2. The van der Waals surface area contributed by atoms with E-state index in [1.54, 1.807) is 24.3 Å². The smallest absolute Gasteiger partial charge is 0.259 e. The molecule has 0 spiro atoms. The van der Waals surface area contributed by atoms with Gasteiger partial charge in [0, 0.05) is 6.61 Å². The summed E-state index contributed by atoms with van der Waals surface area (Å²) in [6, 6.07) is 12.8. The van der Waals surface area contributed by atoms with Crippen molar-refractivity contribution >= 4 is 34.9 Å². The molecule has 1 aliphatic heterocycles. The van der Waals surface area contributed by atoms with Crippen LogP contribution in [0, 0.1) is 17.2 Å². The molecule has 1 saturated heterocycles. The third-order valence-electron chi connectivity index (χ3n) is 4.55. The number of sulfone groups is 1. The van der Waals surface area contributed by atoms with E-state index in [0.29, 0.717) is 30.9 Å². The summed E-state index contributed by atoms with van der Waals surface area (Å²) in [5, 5.41) is 11.8. The molecule has 0 saturated carbocycles. The van der Waals surface area contributed by atoms with Crippen LogP contribution in [0.25, 0.3) is 0 Å². The molecule has 154 valence electrons. The average molecular weight is 435 g/mol. The van der Waals surface area contributed by atoms with Gasteiger partial charge in [-0.2, -0.15) is 18.8 Å². The van der Waals surface area contributed by atoms with Crippen LogP contribution in [0.5, 0.6) is 5.75 Å². The highest BCUT2D eigenvalue weighted by Gasteiger charge is 2.26. The minimum atomic E-state index is -3.58. The molecule has 1 N–H and O–H groups in total. The highest BCUT2D eigenvalue weighted by Crippen LogP contribution is 2.27. The molecule has 0 aliphatic carbocycles. The van der Waals surface area contributed by atoms with E-state index in [1.807, 2.05) is 6.07 Å². The summed E-state index contributed by atoms with van der Waals surface area (Å²) in [4.78, 5) is 12.8. The molecule has 3 rings (SSSR count). The molecule has 1 heterocycles. The van der Waals surface area contributed by atoms with Crippen LogP contribution in [0.2, 0.25) is 0 Å². The van der Waals surface area contributed by atoms with Crippen LogP contribution in [0.3, 0.4) is 0 Å². The Hall–Kier alpha value is -2.54. The molecule has 0 aromatic heterocycles. The van der Waals surface area contributed by atoms with Crippen molar-refractivity contribution in [1.82, 2.24) is 0 Å². The van der Waals surface area contributed by atoms with Gasteiger partial charge in [0.2, 0.25) is 0 Å². The zero-order valence-electron chi connectivity index (χ0n) is 15.8. The molecule has 1 aliphatic rings. The van der Waals surface area contributed by atoms with Gasteiger partial charge in [0.05, 0.1) is 41.2 Å². The van der Waals surface area contributed by atoms with Crippen LogP contribution in [0.15, 0.2) is 47.4 Å². The normalized spacial score (nSPS) is 15.8. The first-order valence-corrected chi connectivity index (χ1v) is 10.4. The lowest BCUT2D eigenvalue weighted by Gasteiger charge is -2.13. The van der Waals surface area contributed by atoms with Gasteiger partial charge in [-0.25, -0.2) is 8.42 Å². The van der Waals surface area contributed by atoms with E-state index in [0.717, 1.165) is 0 Å². The summed E-state index contributed by atoms with van der Waals surface area (Å²) in [5.74, 6) is -0.389. The standard InChI is InChI=1S/C20H20N2O5S.H2S/c1-26-19-7-6-16(28(24,25)13-14-8-9-27-12-14)10-17(19)20(23)22-18-5-3-2-4-15(18)11-21;/h2-7,10,14H,8-9,12-13H2,1H3,(H,22,23);1H2/t14-;/m0./s1. The maximum absolute atomic E-state index is 12.8. The Morgan fingerprint density at radius 1 is 1.31 bits per heavy atom. The van der Waals surface area contributed by atoms with Crippen LogP contribution < -0.4 is 10.1 Å². The minimum absolute atomic E-state index is 0. The zero-order chi connectivity index (χ0) is 20.1. The van der Waals surface area contributed by atoms with Crippen LogP contribution in [0.4, 0.5) is 5.69 Å². The summed E-state index contributed by atoms with van der Waals surface area (Å²) >= 11 is 0. The first kappa shape index (κ1) is 22.7. The minimum Gasteiger partial charge on any atom is -0.496 e. The Bertz CT molecular complexity index is 1030. The van der Waals surface area contributed by atoms with Crippen molar-refractivity contribution in [3.05, 3.63) is 53.6 Å². The lowest BCUT2D eigenvalue weighted by molar-refractivity contribution is 0.102. The van der Waals surface area contributed by atoms with Crippen LogP contribution in [0.1, 0.15) is 22.3 Å². The molecular weight excluding hydrogens is 412 g/mol. The average Bonchev–Trinajstić information content (AvgIpc) is 3.20. The summed E-state index contributed by atoms with van der Waals surface area (Å²) in [5.41, 5.74) is 0.729. The topological polar surface area (TPSA) is 105 Å². The number of carbonyl (C=O) groups is 1. The fourth-order valence-electron chi connectivity index (χ4n) is 3.06. The second-order valence-corrected chi connectivity index (χ2v) is 8.52. The van der Waals surface area contributed by atoms with Crippen molar-refractivity contribution in [3.63, 3.8) is 0 Å². The van der Waals surface area contributed by atoms with Crippen LogP contribution >= 0.6 is 13.5 Å². The number of benzene rings is 2. The number of carbonyl (C=O) groups excluding carboxylic acids is 1. The van der Waals surface area contributed by atoms with E-state index < -0.39 is 15.7 Å². The molecule has 7 nitrogen and oxygen atoms in total. The Kier molecular flexibility index (Phi) is 7.67. The van der Waals surface area contributed by atoms with E-state index in [1.165, 1.54) is 25.3 Å². The molecule has 2 aromatic carbocycles. The van der Waals surface area contributed by atoms with Crippen LogP contribution in [-0.4, -0.2) is 40.4 Å². The SMILES string of the molecule is COc1ccc(S(=O)(=O)C[C@H]2CCOC2)cc1C(=O)Nc1ccccc1C#N.S. The maximum atomic E-state index is 12.8. The fourth-order valence-corrected chi connectivity index (χ4v) is 4.71. The molecule has 1 amide bonds. The quantitative estimate of drug-likeness (QED) is 0.749. The Balaban J connectivity index is 0.00000300. The predicted molar refractivity (Wildman–Crippen MR) is 113 cm³/mol. The number of amides is 1. The molecule has 0 unspecified atom stereocenters. The number of hydrogen-bond acceptors (Lipinski definition) is 6. The number of anilines is 1. The molecule has 1 atom stereocenters. The van der Waals surface area contributed by atoms with Gasteiger partial charge in [0.1, 0.15) is 11.8 Å². The van der Waals surface area contributed by atoms with Gasteiger partial charge in [-0.3, -0.25) is 4.79 Å². The van der Waals surface area contributed by atoms with Gasteiger partial charge in [0.15, 0.2) is 9.84 Å². The van der Waals surface area contributed by atoms with E-state index in [4.69, 9.17) is 9.47 Å². The van der Waals surface area contributed by atoms with E-state index in [9.17, 15) is 18.5 Å². The van der Waals surface area contributed by atoms with E-state index in [2.05, 4.69) is 5.32 Å². The molecule has 9 heteroatoms. The molecule has 0 radical (unpaired) electrons. The Labute approximate surface area is 177 Å². The Morgan fingerprint density at radius 3 is 2.72 bits per heavy atom. The second kappa shape index (κ2) is 9.78. The molecule has 1 fully saturated rings. The van der Waals surface area contributed by atoms with Crippen molar-refractivity contribution < 1.29 is 22.7 Å². The van der Waals surface area contributed by atoms with Gasteiger partial charge < -0.3 is 14.8 Å². The number of ether oxygens (including phenoxy) is 2. The van der Waals surface area contributed by atoms with Gasteiger partial charge in [0.25, 0.3) is 5.91 Å². The third kappa shape index (κ3) is 5.29. The largest absolute Gasteiger partial charge is 0.496 e. The first-order valence-electron chi connectivity index (χ1n) is 8.73. The maximum Gasteiger partial charge on any atom is 0.259 e. The number of nitriles is 1. The summed E-state index contributed by atoms with van der Waals surface area (Å²) in [6.45, 7) is 0.989. The van der Waals surface area contributed by atoms with Gasteiger partial charge in [-0.05, 0) is 42.7 Å². The van der Waals surface area contributed by atoms with Crippen molar-refractivity contribution in [3.8, 4) is 11.8 Å². The summed E-state index contributed by atoms with van der Waals surface area (Å²) in [7, 11) is -2.18. The van der Waals surface area contributed by atoms with E-state index >= 15 is 0 Å². The number of methoxy groups -OCH3 is 1. The molecule has 29 heavy (non-hydrogen) atoms. The van der Waals surface area contributed by atoms with Gasteiger partial charge in [-0.15, -0.1) is 0 Å². The number of nitrogens with one attached hydrogen (secondary N) is 1. The van der Waals surface area contributed by atoms with Gasteiger partial charge in [-0.1, -0.05) is 12.1 Å². The van der Waals surface area contributed by atoms with Crippen molar-refractivity contribution in [2.45, 2.75) is 11.3 Å². The summed E-state index contributed by atoms with van der Waals surface area (Å²) < 4.78 is 36.0. The Morgan fingerprint density at radius 2 is 2.07 bits per heavy atom. The zero-order valence-corrected chi connectivity index (χ0v) is 17.7. The monoisotopic (exact) mass is 434 g/mol. The van der Waals surface area contributed by atoms with Crippen molar-refractivity contribution in [2.75, 3.05) is 31.4 Å². The fraction of sp³-hybridized carbons (Fsp3) is 0.300. The van der Waals surface area contributed by atoms with Crippen molar-refractivity contribution in [2.24, 2.45) is 5.92 Å². The predicted octanol–water partition coefficient (Wildman–Crippen LogP) is 2.74. The highest BCUT2D eigenvalue weighted by atomic mass is 32.2. The number of nitrogens with zero attached hydrogens (tertiary/aromatic N) is 1. The third-order valence-corrected chi connectivity index (χ3v) is 6.43. The highest BCUT2D eigenvalue weighted by molar-refractivity contribution is 7.91.